The summed E-state index contributed by atoms with van der Waals surface area (Å²) in [5.74, 6) is 8.10. The molecule has 4 aliphatic rings. The molecule has 2 aromatic heterocycles. The Labute approximate surface area is 374 Å². The van der Waals surface area contributed by atoms with Gasteiger partial charge in [-0.1, -0.05) is 46.5 Å². The molecule has 8 rings (SSSR count). The maximum atomic E-state index is 13.9. The Morgan fingerprint density at radius 3 is 1.98 bits per heavy atom. The topological polar surface area (TPSA) is 148 Å². The lowest BCUT2D eigenvalue weighted by atomic mass is 9.96. The summed E-state index contributed by atoms with van der Waals surface area (Å²) >= 11 is 0. The predicted octanol–water partition coefficient (Wildman–Crippen LogP) is 6.71. The van der Waals surface area contributed by atoms with E-state index >= 15 is 0 Å². The van der Waals surface area contributed by atoms with E-state index in [4.69, 9.17) is 9.72 Å². The minimum atomic E-state index is -0.744. The molecule has 320 valence electrons. The number of alkyl carbamates (subject to hydrolysis) is 1. The molecule has 4 atom stereocenters. The normalized spacial score (nSPS) is 20.1. The zero-order valence-electron chi connectivity index (χ0n) is 34.6. The molecule has 4 N–H and O–H groups in total. The summed E-state index contributed by atoms with van der Waals surface area (Å²) in [4.78, 5) is 55.2. The molecular weight excluding hydrogens is 823 g/mol. The van der Waals surface area contributed by atoms with Gasteiger partial charge in [0.25, 0.3) is 0 Å². The van der Waals surface area contributed by atoms with Gasteiger partial charge >= 0.3 is 11.9 Å². The first-order chi connectivity index (χ1) is 26.3. The maximum Gasteiger partial charge on any atom is 0.407 e. The number of amides is 3. The lowest BCUT2D eigenvalue weighted by molar-refractivity contribution is -0.909. The van der Waals surface area contributed by atoms with Crippen molar-refractivity contribution in [1.82, 2.24) is 30.1 Å². The second kappa shape index (κ2) is 18.4. The van der Waals surface area contributed by atoms with Crippen LogP contribution in [0.3, 0.4) is 0 Å². The van der Waals surface area contributed by atoms with Crippen LogP contribution in [-0.2, 0) is 14.3 Å². The minimum Gasteiger partial charge on any atom is -0.453 e. The van der Waals surface area contributed by atoms with E-state index in [1.54, 1.807) is 11.1 Å². The molecule has 3 amide bonds. The van der Waals surface area contributed by atoms with Gasteiger partial charge in [-0.05, 0) is 108 Å². The van der Waals surface area contributed by atoms with Crippen molar-refractivity contribution < 1.29 is 29.1 Å². The van der Waals surface area contributed by atoms with Crippen molar-refractivity contribution in [2.24, 2.45) is 28.6 Å². The van der Waals surface area contributed by atoms with E-state index in [0.717, 1.165) is 70.5 Å². The van der Waals surface area contributed by atoms with Gasteiger partial charge in [-0.15, -0.1) is 0 Å². The van der Waals surface area contributed by atoms with E-state index in [1.165, 1.54) is 20.0 Å². The number of benzene rings is 2. The molecular formula is C43H60N7O5S4+. The largest absolute Gasteiger partial charge is 0.453 e. The number of methoxy groups -OCH3 is 1. The van der Waals surface area contributed by atoms with Gasteiger partial charge in [-0.3, -0.25) is 9.59 Å². The number of hydrogen-bond acceptors (Lipinski definition) is 6. The van der Waals surface area contributed by atoms with Gasteiger partial charge < -0.3 is 30.0 Å². The number of H-pyrrole nitrogens is 2. The van der Waals surface area contributed by atoms with Gasteiger partial charge in [-0.2, -0.15) is 54.0 Å². The minimum absolute atomic E-state index is 0. The van der Waals surface area contributed by atoms with Crippen LogP contribution in [0.5, 0.6) is 0 Å². The summed E-state index contributed by atoms with van der Waals surface area (Å²) in [5.41, 5.74) is 5.35. The van der Waals surface area contributed by atoms with Crippen molar-refractivity contribution in [2.45, 2.75) is 91.3 Å². The second-order valence-electron chi connectivity index (χ2n) is 17.3. The Bertz CT molecular complexity index is 2220. The molecule has 0 unspecified atom stereocenters. The molecule has 59 heavy (non-hydrogen) atoms. The molecule has 2 aliphatic heterocycles. The third kappa shape index (κ3) is 9.53. The number of carbonyl (C=O) groups excluding carboxylic acids is 3. The van der Waals surface area contributed by atoms with Crippen molar-refractivity contribution in [2.75, 3.05) is 20.2 Å². The first-order valence-electron chi connectivity index (χ1n) is 19.7. The summed E-state index contributed by atoms with van der Waals surface area (Å²) in [5, 5.41) is 13.8. The predicted molar refractivity (Wildman–Crippen MR) is 247 cm³/mol. The smallest absolute Gasteiger partial charge is 0.407 e. The number of rotatable bonds is 8. The fourth-order valence-corrected chi connectivity index (χ4v) is 8.51. The molecule has 2 saturated carbocycles. The van der Waals surface area contributed by atoms with Crippen LogP contribution in [0.1, 0.15) is 108 Å². The number of likely N-dealkylation sites (tertiary alicyclic amines) is 2. The van der Waals surface area contributed by atoms with Crippen molar-refractivity contribution in [3.63, 3.8) is 0 Å². The zero-order valence-corrected chi connectivity index (χ0v) is 38.6. The Balaban J connectivity index is 0.00000192. The van der Waals surface area contributed by atoms with Crippen LogP contribution in [0.15, 0.2) is 48.7 Å². The van der Waals surface area contributed by atoms with E-state index in [9.17, 15) is 19.6 Å². The number of fused-ring (bicyclic) bond motifs is 1. The highest BCUT2D eigenvalue weighted by molar-refractivity contribution is 7.59. The molecule has 16 heteroatoms. The van der Waals surface area contributed by atoms with Crippen LogP contribution in [0.25, 0.3) is 22.3 Å². The van der Waals surface area contributed by atoms with E-state index in [0.29, 0.717) is 18.1 Å². The first kappa shape index (κ1) is 47.8. The molecule has 0 bridgehead atoms. The summed E-state index contributed by atoms with van der Waals surface area (Å²) in [6.07, 6.45) is 7.10. The third-order valence-electron chi connectivity index (χ3n) is 12.7. The summed E-state index contributed by atoms with van der Waals surface area (Å²) in [6.45, 7) is 11.4. The zero-order chi connectivity index (χ0) is 38.8. The van der Waals surface area contributed by atoms with Crippen molar-refractivity contribution in [1.29, 1.82) is 0 Å². The van der Waals surface area contributed by atoms with Crippen molar-refractivity contribution in [3.05, 3.63) is 71.4 Å². The third-order valence-corrected chi connectivity index (χ3v) is 12.7. The summed E-state index contributed by atoms with van der Waals surface area (Å²) < 4.78 is 5.88. The highest BCUT2D eigenvalue weighted by atomic mass is 32.1. The Morgan fingerprint density at radius 1 is 0.831 bits per heavy atom. The summed E-state index contributed by atoms with van der Waals surface area (Å²) in [6, 6.07) is 12.7. The van der Waals surface area contributed by atoms with Crippen LogP contribution in [-0.4, -0.2) is 74.1 Å². The second-order valence-corrected chi connectivity index (χ2v) is 17.3. The standard InChI is InChI=1S/C43H51N7O5.4H2S/c1-25(2)27(5)39(51)48-23-42(15-16-42)20-34(48)37-44-31-14-11-29(19-32(31)45-37)8-7-28-9-12-30(13-10-28)33-22-50(54)38(46-33)35-21-43(17-18-43)24-49(35)40(52)36(26(3)4)47-41(53)55-6;;;;/h9-14,19,22,25-27,34-36,54H,15-18,20-21,23-24H2,1-6H3,(H2,44,45,47,53);4*1H2/p+1/t27-,34-,35-,36-;;;;/m0..../s1. The number of nitrogens with zero attached hydrogens (tertiary/aromatic N) is 4. The Kier molecular flexibility index (Phi) is 14.9. The fraction of sp³-hybridized carbons (Fsp3) is 0.512. The Morgan fingerprint density at radius 2 is 1.41 bits per heavy atom. The number of imidazole rings is 2. The number of aromatic nitrogens is 4. The molecule has 4 fully saturated rings. The van der Waals surface area contributed by atoms with Gasteiger partial charge in [0, 0.05) is 35.7 Å². The van der Waals surface area contributed by atoms with Crippen molar-refractivity contribution >= 4 is 82.9 Å². The molecule has 2 saturated heterocycles. The van der Waals surface area contributed by atoms with Gasteiger partial charge in [0.2, 0.25) is 11.8 Å². The molecule has 2 aromatic carbocycles. The lowest BCUT2D eigenvalue weighted by Gasteiger charge is -2.29. The van der Waals surface area contributed by atoms with Crippen LogP contribution >= 0.6 is 54.0 Å². The fourth-order valence-electron chi connectivity index (χ4n) is 8.51. The average molecular weight is 883 g/mol. The molecule has 12 nitrogen and oxygen atoms in total. The first-order valence-corrected chi connectivity index (χ1v) is 19.7. The number of carbonyl (C=O) groups is 3. The highest BCUT2D eigenvalue weighted by Crippen LogP contribution is 2.59. The Hall–Kier alpha value is -3.91. The van der Waals surface area contributed by atoms with Gasteiger partial charge in [-0.25, -0.2) is 14.8 Å². The number of aromatic amines is 2. The van der Waals surface area contributed by atoms with E-state index < -0.39 is 12.1 Å². The molecule has 2 aliphatic carbocycles. The van der Waals surface area contributed by atoms with E-state index in [-0.39, 0.29) is 106 Å². The van der Waals surface area contributed by atoms with E-state index in [1.807, 2.05) is 63.2 Å². The quantitative estimate of drug-likeness (QED) is 0.0879. The monoisotopic (exact) mass is 882 g/mol. The number of hydrogen-bond donors (Lipinski definition) is 4. The molecule has 4 heterocycles. The van der Waals surface area contributed by atoms with Crippen LogP contribution in [0.4, 0.5) is 4.79 Å². The maximum absolute atomic E-state index is 13.9. The van der Waals surface area contributed by atoms with E-state index in [2.05, 4.69) is 45.9 Å². The SMILES string of the molecule is COC(=O)N[C@H](C(=O)N1CC2(CC2)C[C@H]1c1[nH]c(-c2ccc(C#Cc3ccc4nc([C@@H]5CC6(CC6)CN5C(=O)[C@@H](C)C(C)C)[nH]c4c3)cc2)c[n+]1O)C(C)C.S.S.S.S. The number of nitrogens with one attached hydrogen (secondary N) is 3. The highest BCUT2D eigenvalue weighted by Gasteiger charge is 2.57. The van der Waals surface area contributed by atoms with Gasteiger partial charge in [0.15, 0.2) is 11.9 Å². The summed E-state index contributed by atoms with van der Waals surface area (Å²) in [7, 11) is 1.28. The average Bonchev–Trinajstić information content (AvgIpc) is 3.85. The lowest BCUT2D eigenvalue weighted by Crippen LogP contribution is -2.52. The van der Waals surface area contributed by atoms with Crippen LogP contribution in [0, 0.1) is 40.4 Å². The van der Waals surface area contributed by atoms with Crippen LogP contribution in [0.2, 0.25) is 0 Å². The molecule has 4 aromatic rings. The number of ether oxygens (including phenoxy) is 1. The van der Waals surface area contributed by atoms with Crippen molar-refractivity contribution in [3.8, 4) is 23.1 Å². The molecule has 0 radical (unpaired) electrons. The van der Waals surface area contributed by atoms with Gasteiger partial charge in [0.05, 0.1) is 24.2 Å². The molecule has 2 spiro atoms. The van der Waals surface area contributed by atoms with Crippen LogP contribution < -0.4 is 10.0 Å². The van der Waals surface area contributed by atoms with Gasteiger partial charge in [0.1, 0.15) is 17.9 Å².